The Balaban J connectivity index is 1.43. The molecule has 0 atom stereocenters. The average molecular weight is 364 g/mol. The lowest BCUT2D eigenvalue weighted by atomic mass is 9.90. The molecule has 2 aromatic heterocycles. The molecule has 0 saturated heterocycles. The van der Waals surface area contributed by atoms with Crippen LogP contribution < -0.4 is 5.32 Å². The van der Waals surface area contributed by atoms with Crippen LogP contribution in [-0.4, -0.2) is 21.1 Å². The molecule has 6 heteroatoms. The number of anilines is 1. The fraction of sp³-hybridized carbons (Fsp3) is 0.300. The molecular weight excluding hydrogens is 344 g/mol. The van der Waals surface area contributed by atoms with E-state index in [0.29, 0.717) is 11.0 Å². The zero-order valence-corrected chi connectivity index (χ0v) is 15.2. The van der Waals surface area contributed by atoms with Gasteiger partial charge in [0.05, 0.1) is 5.52 Å². The highest BCUT2D eigenvalue weighted by molar-refractivity contribution is 7.15. The van der Waals surface area contributed by atoms with Crippen LogP contribution in [0.5, 0.6) is 0 Å². The third-order valence-corrected chi connectivity index (χ3v) is 5.70. The SMILES string of the molecule is O=C(/C=C/c1cccc2cccnc12)Nc1nnc(C2CCCCC2)s1. The van der Waals surface area contributed by atoms with Gasteiger partial charge in [0.15, 0.2) is 0 Å². The van der Waals surface area contributed by atoms with Gasteiger partial charge < -0.3 is 0 Å². The second-order valence-corrected chi connectivity index (χ2v) is 7.53. The summed E-state index contributed by atoms with van der Waals surface area (Å²) in [6.07, 6.45) is 11.2. The van der Waals surface area contributed by atoms with E-state index in [9.17, 15) is 4.79 Å². The Kier molecular flexibility index (Phi) is 5.02. The summed E-state index contributed by atoms with van der Waals surface area (Å²) in [5.41, 5.74) is 1.80. The lowest BCUT2D eigenvalue weighted by Crippen LogP contribution is -2.07. The first-order valence-corrected chi connectivity index (χ1v) is 9.77. The molecule has 5 nitrogen and oxygen atoms in total. The van der Waals surface area contributed by atoms with E-state index in [2.05, 4.69) is 20.5 Å². The molecule has 0 unspecified atom stereocenters. The molecule has 4 rings (SSSR count). The quantitative estimate of drug-likeness (QED) is 0.676. The molecule has 2 heterocycles. The Morgan fingerprint density at radius 3 is 2.85 bits per heavy atom. The molecule has 0 aliphatic heterocycles. The molecule has 1 aliphatic rings. The van der Waals surface area contributed by atoms with Crippen molar-refractivity contribution in [1.82, 2.24) is 15.2 Å². The summed E-state index contributed by atoms with van der Waals surface area (Å²) in [4.78, 5) is 16.6. The van der Waals surface area contributed by atoms with Gasteiger partial charge in [0.2, 0.25) is 11.0 Å². The van der Waals surface area contributed by atoms with Crippen molar-refractivity contribution in [2.45, 2.75) is 38.0 Å². The number of nitrogens with zero attached hydrogens (tertiary/aromatic N) is 3. The minimum absolute atomic E-state index is 0.204. The van der Waals surface area contributed by atoms with Crippen molar-refractivity contribution in [2.24, 2.45) is 0 Å². The van der Waals surface area contributed by atoms with Crippen LogP contribution in [0.4, 0.5) is 5.13 Å². The largest absolute Gasteiger partial charge is 0.297 e. The number of pyridine rings is 1. The first kappa shape index (κ1) is 16.8. The fourth-order valence-electron chi connectivity index (χ4n) is 3.37. The highest BCUT2D eigenvalue weighted by atomic mass is 32.1. The molecular formula is C20H20N4OS. The highest BCUT2D eigenvalue weighted by Gasteiger charge is 2.19. The van der Waals surface area contributed by atoms with Gasteiger partial charge >= 0.3 is 0 Å². The van der Waals surface area contributed by atoms with E-state index >= 15 is 0 Å². The van der Waals surface area contributed by atoms with Crippen LogP contribution in [0.2, 0.25) is 0 Å². The standard InChI is InChI=1S/C20H20N4OS/c25-17(12-11-15-9-4-8-14-10-5-13-21-18(14)15)22-20-24-23-19(26-20)16-6-2-1-3-7-16/h4-5,8-13,16H,1-3,6-7H2,(H,22,24,25)/b12-11+. The monoisotopic (exact) mass is 364 g/mol. The number of amides is 1. The molecule has 0 radical (unpaired) electrons. The minimum atomic E-state index is -0.204. The number of benzene rings is 1. The second kappa shape index (κ2) is 7.74. The normalized spacial score (nSPS) is 15.5. The molecule has 1 aromatic carbocycles. The van der Waals surface area contributed by atoms with Crippen molar-refractivity contribution in [1.29, 1.82) is 0 Å². The lowest BCUT2D eigenvalue weighted by molar-refractivity contribution is -0.111. The van der Waals surface area contributed by atoms with E-state index < -0.39 is 0 Å². The maximum absolute atomic E-state index is 12.2. The van der Waals surface area contributed by atoms with Crippen LogP contribution in [0.1, 0.15) is 48.6 Å². The van der Waals surface area contributed by atoms with E-state index in [1.807, 2.05) is 30.3 Å². The van der Waals surface area contributed by atoms with Gasteiger partial charge in [-0.3, -0.25) is 15.1 Å². The smallest absolute Gasteiger partial charge is 0.250 e. The molecule has 1 fully saturated rings. The van der Waals surface area contributed by atoms with Crippen molar-refractivity contribution in [2.75, 3.05) is 5.32 Å². The summed E-state index contributed by atoms with van der Waals surface area (Å²) in [6.45, 7) is 0. The van der Waals surface area contributed by atoms with Gasteiger partial charge in [-0.25, -0.2) is 0 Å². The van der Waals surface area contributed by atoms with E-state index in [1.165, 1.54) is 49.5 Å². The third kappa shape index (κ3) is 3.80. The molecule has 1 saturated carbocycles. The molecule has 0 bridgehead atoms. The Bertz CT molecular complexity index is 938. The van der Waals surface area contributed by atoms with Crippen LogP contribution in [0.3, 0.4) is 0 Å². The number of fused-ring (bicyclic) bond motifs is 1. The first-order chi connectivity index (χ1) is 12.8. The van der Waals surface area contributed by atoms with Crippen LogP contribution in [0.25, 0.3) is 17.0 Å². The Hall–Kier alpha value is -2.60. The minimum Gasteiger partial charge on any atom is -0.297 e. The molecule has 1 aliphatic carbocycles. The van der Waals surface area contributed by atoms with E-state index in [4.69, 9.17) is 0 Å². The Morgan fingerprint density at radius 1 is 1.12 bits per heavy atom. The van der Waals surface area contributed by atoms with Crippen molar-refractivity contribution >= 4 is 39.4 Å². The van der Waals surface area contributed by atoms with Crippen molar-refractivity contribution in [3.8, 4) is 0 Å². The first-order valence-electron chi connectivity index (χ1n) is 8.96. The van der Waals surface area contributed by atoms with Gasteiger partial charge in [-0.15, -0.1) is 10.2 Å². The number of carbonyl (C=O) groups excluding carboxylic acids is 1. The summed E-state index contributed by atoms with van der Waals surface area (Å²) in [6, 6.07) is 9.83. The molecule has 1 amide bonds. The summed E-state index contributed by atoms with van der Waals surface area (Å²) in [7, 11) is 0. The zero-order chi connectivity index (χ0) is 17.8. The summed E-state index contributed by atoms with van der Waals surface area (Å²) in [5, 5.41) is 13.9. The highest BCUT2D eigenvalue weighted by Crippen LogP contribution is 2.35. The third-order valence-electron chi connectivity index (χ3n) is 4.70. The predicted octanol–water partition coefficient (Wildman–Crippen LogP) is 4.79. The van der Waals surface area contributed by atoms with Crippen LogP contribution in [-0.2, 0) is 4.79 Å². The number of carbonyl (C=O) groups is 1. The van der Waals surface area contributed by atoms with Gasteiger partial charge in [-0.1, -0.05) is 54.9 Å². The van der Waals surface area contributed by atoms with E-state index in [0.717, 1.165) is 21.5 Å². The maximum atomic E-state index is 12.2. The predicted molar refractivity (Wildman–Crippen MR) is 105 cm³/mol. The van der Waals surface area contributed by atoms with E-state index in [1.54, 1.807) is 12.3 Å². The van der Waals surface area contributed by atoms with Gasteiger partial charge in [0, 0.05) is 29.1 Å². The van der Waals surface area contributed by atoms with Crippen molar-refractivity contribution in [3.63, 3.8) is 0 Å². The fourth-order valence-corrected chi connectivity index (χ4v) is 4.29. The van der Waals surface area contributed by atoms with E-state index in [-0.39, 0.29) is 5.91 Å². The molecule has 132 valence electrons. The van der Waals surface area contributed by atoms with Gasteiger partial charge in [0.1, 0.15) is 5.01 Å². The Labute approximate surface area is 156 Å². The summed E-state index contributed by atoms with van der Waals surface area (Å²) in [5.74, 6) is 0.300. The number of aromatic nitrogens is 3. The Morgan fingerprint density at radius 2 is 1.96 bits per heavy atom. The summed E-state index contributed by atoms with van der Waals surface area (Å²) < 4.78 is 0. The maximum Gasteiger partial charge on any atom is 0.250 e. The number of para-hydroxylation sites is 1. The lowest BCUT2D eigenvalue weighted by Gasteiger charge is -2.18. The molecule has 3 aromatic rings. The van der Waals surface area contributed by atoms with Crippen molar-refractivity contribution < 1.29 is 4.79 Å². The number of nitrogens with one attached hydrogen (secondary N) is 1. The molecule has 1 N–H and O–H groups in total. The van der Waals surface area contributed by atoms with Gasteiger partial charge in [-0.2, -0.15) is 0 Å². The van der Waals surface area contributed by atoms with Crippen molar-refractivity contribution in [3.05, 3.63) is 53.2 Å². The average Bonchev–Trinajstić information content (AvgIpc) is 3.15. The van der Waals surface area contributed by atoms with Crippen LogP contribution in [0, 0.1) is 0 Å². The number of rotatable bonds is 4. The topological polar surface area (TPSA) is 67.8 Å². The molecule has 26 heavy (non-hydrogen) atoms. The van der Waals surface area contributed by atoms with Crippen LogP contribution >= 0.6 is 11.3 Å². The number of hydrogen-bond donors (Lipinski definition) is 1. The zero-order valence-electron chi connectivity index (χ0n) is 14.4. The second-order valence-electron chi connectivity index (χ2n) is 6.53. The summed E-state index contributed by atoms with van der Waals surface area (Å²) >= 11 is 1.49. The molecule has 0 spiro atoms. The number of hydrogen-bond acceptors (Lipinski definition) is 5. The van der Waals surface area contributed by atoms with Gasteiger partial charge in [0.25, 0.3) is 0 Å². The van der Waals surface area contributed by atoms with Gasteiger partial charge in [-0.05, 0) is 25.0 Å². The van der Waals surface area contributed by atoms with Crippen LogP contribution in [0.15, 0.2) is 42.6 Å².